The SMILES string of the molecule is Cc1cccc(NC(=O)C[NH+](C)CC(=O)c2cc(C)n(Cc3ccccc3)c2C)c1C. The normalized spacial score (nSPS) is 11.9. The molecule has 0 aliphatic carbocycles. The van der Waals surface area contributed by atoms with E-state index >= 15 is 0 Å². The first kappa shape index (κ1) is 22.5. The van der Waals surface area contributed by atoms with E-state index in [1.807, 2.05) is 77.2 Å². The number of likely N-dealkylation sites (N-methyl/N-ethyl adjacent to an activating group) is 1. The molecule has 2 N–H and O–H groups in total. The maximum Gasteiger partial charge on any atom is 0.279 e. The molecule has 1 aromatic heterocycles. The number of benzene rings is 2. The first-order valence-electron chi connectivity index (χ1n) is 10.7. The first-order chi connectivity index (χ1) is 14.8. The number of aromatic nitrogens is 1. The van der Waals surface area contributed by atoms with Crippen LogP contribution in [0, 0.1) is 27.7 Å². The molecule has 31 heavy (non-hydrogen) atoms. The van der Waals surface area contributed by atoms with Gasteiger partial charge in [-0.15, -0.1) is 0 Å². The zero-order chi connectivity index (χ0) is 22.5. The van der Waals surface area contributed by atoms with Crippen LogP contribution in [0.25, 0.3) is 0 Å². The van der Waals surface area contributed by atoms with Crippen LogP contribution in [0.4, 0.5) is 5.69 Å². The number of nitrogens with zero attached hydrogens (tertiary/aromatic N) is 1. The Morgan fingerprint density at radius 2 is 1.65 bits per heavy atom. The minimum absolute atomic E-state index is 0.0597. The van der Waals surface area contributed by atoms with E-state index in [0.29, 0.717) is 0 Å². The fourth-order valence-corrected chi connectivity index (χ4v) is 3.88. The lowest BCUT2D eigenvalue weighted by Crippen LogP contribution is -3.11. The Balaban J connectivity index is 1.62. The Morgan fingerprint density at radius 1 is 0.935 bits per heavy atom. The summed E-state index contributed by atoms with van der Waals surface area (Å²) in [4.78, 5) is 26.3. The van der Waals surface area contributed by atoms with Gasteiger partial charge >= 0.3 is 0 Å². The van der Waals surface area contributed by atoms with Crippen LogP contribution in [0.3, 0.4) is 0 Å². The van der Waals surface area contributed by atoms with Gasteiger partial charge in [-0.3, -0.25) is 9.59 Å². The second kappa shape index (κ2) is 9.75. The number of nitrogens with one attached hydrogen (secondary N) is 2. The zero-order valence-electron chi connectivity index (χ0n) is 19.1. The number of rotatable bonds is 8. The van der Waals surface area contributed by atoms with Gasteiger partial charge in [-0.25, -0.2) is 0 Å². The van der Waals surface area contributed by atoms with Crippen molar-refractivity contribution in [2.45, 2.75) is 34.2 Å². The predicted molar refractivity (Wildman–Crippen MR) is 125 cm³/mol. The molecule has 0 fully saturated rings. The zero-order valence-corrected chi connectivity index (χ0v) is 19.1. The number of quaternary nitrogens is 1. The molecule has 0 aliphatic heterocycles. The van der Waals surface area contributed by atoms with Crippen LogP contribution in [-0.2, 0) is 11.3 Å². The maximum atomic E-state index is 13.0. The quantitative estimate of drug-likeness (QED) is 0.553. The van der Waals surface area contributed by atoms with Gasteiger partial charge in [-0.05, 0) is 56.5 Å². The van der Waals surface area contributed by atoms with Gasteiger partial charge in [0.25, 0.3) is 5.91 Å². The summed E-state index contributed by atoms with van der Waals surface area (Å²) in [5, 5.41) is 2.97. The lowest BCUT2D eigenvalue weighted by atomic mass is 10.1. The molecule has 1 heterocycles. The van der Waals surface area contributed by atoms with E-state index in [9.17, 15) is 9.59 Å². The molecule has 0 saturated carbocycles. The summed E-state index contributed by atoms with van der Waals surface area (Å²) in [5.74, 6) is -0.0296. The number of hydrogen-bond donors (Lipinski definition) is 2. The molecular formula is C26H32N3O2+. The summed E-state index contributed by atoms with van der Waals surface area (Å²) in [6.45, 7) is 9.29. The standard InChI is InChI=1S/C26H31N3O2/c1-18-10-9-13-24(20(18)3)27-26(31)17-28(5)16-25(30)23-14-19(2)29(21(23)4)15-22-11-7-6-8-12-22/h6-14H,15-17H2,1-5H3,(H,27,31)/p+1. The number of amides is 1. The molecule has 5 heteroatoms. The Bertz CT molecular complexity index is 1080. The van der Waals surface area contributed by atoms with E-state index < -0.39 is 0 Å². The largest absolute Gasteiger partial charge is 0.344 e. The molecule has 3 aromatic rings. The van der Waals surface area contributed by atoms with Gasteiger partial charge in [0.1, 0.15) is 6.54 Å². The van der Waals surface area contributed by atoms with Crippen molar-refractivity contribution < 1.29 is 14.5 Å². The van der Waals surface area contributed by atoms with Crippen LogP contribution in [0.2, 0.25) is 0 Å². The smallest absolute Gasteiger partial charge is 0.279 e. The predicted octanol–water partition coefficient (Wildman–Crippen LogP) is 3.11. The molecule has 2 aromatic carbocycles. The van der Waals surface area contributed by atoms with E-state index in [4.69, 9.17) is 0 Å². The number of aryl methyl sites for hydroxylation is 2. The summed E-state index contributed by atoms with van der Waals surface area (Å²) in [6, 6.07) is 18.1. The van der Waals surface area contributed by atoms with Crippen LogP contribution in [0.1, 0.15) is 38.4 Å². The van der Waals surface area contributed by atoms with Crippen molar-refractivity contribution in [3.8, 4) is 0 Å². The lowest BCUT2D eigenvalue weighted by Gasteiger charge is -2.15. The molecule has 0 aliphatic rings. The minimum Gasteiger partial charge on any atom is -0.344 e. The average Bonchev–Trinajstić information content (AvgIpc) is 3.00. The van der Waals surface area contributed by atoms with Gasteiger partial charge in [-0.1, -0.05) is 42.5 Å². The lowest BCUT2D eigenvalue weighted by molar-refractivity contribution is -0.861. The van der Waals surface area contributed by atoms with Crippen molar-refractivity contribution >= 4 is 17.4 Å². The maximum absolute atomic E-state index is 13.0. The molecule has 1 atom stereocenters. The van der Waals surface area contributed by atoms with Gasteiger partial charge in [0.2, 0.25) is 5.78 Å². The Labute approximate surface area is 184 Å². The average molecular weight is 419 g/mol. The van der Waals surface area contributed by atoms with Gasteiger partial charge in [-0.2, -0.15) is 0 Å². The molecule has 162 valence electrons. The van der Waals surface area contributed by atoms with Gasteiger partial charge in [0.15, 0.2) is 6.54 Å². The van der Waals surface area contributed by atoms with E-state index in [1.165, 1.54) is 5.56 Å². The van der Waals surface area contributed by atoms with Crippen LogP contribution >= 0.6 is 0 Å². The molecular weight excluding hydrogens is 386 g/mol. The van der Waals surface area contributed by atoms with Crippen molar-refractivity contribution in [2.75, 3.05) is 25.5 Å². The fourth-order valence-electron chi connectivity index (χ4n) is 3.88. The highest BCUT2D eigenvalue weighted by Gasteiger charge is 2.21. The number of hydrogen-bond acceptors (Lipinski definition) is 2. The highest BCUT2D eigenvalue weighted by Crippen LogP contribution is 2.18. The summed E-state index contributed by atoms with van der Waals surface area (Å²) < 4.78 is 2.17. The second-order valence-electron chi connectivity index (χ2n) is 8.39. The molecule has 0 spiro atoms. The van der Waals surface area contributed by atoms with Crippen molar-refractivity contribution in [2.24, 2.45) is 0 Å². The number of carbonyl (C=O) groups excluding carboxylic acids is 2. The third kappa shape index (κ3) is 5.50. The highest BCUT2D eigenvalue weighted by molar-refractivity contribution is 5.98. The van der Waals surface area contributed by atoms with Crippen molar-refractivity contribution in [3.63, 3.8) is 0 Å². The van der Waals surface area contributed by atoms with Crippen LogP contribution in [0.5, 0.6) is 0 Å². The minimum atomic E-state index is -0.0893. The number of carbonyl (C=O) groups is 2. The molecule has 1 unspecified atom stereocenters. The van der Waals surface area contributed by atoms with Crippen molar-refractivity contribution in [1.82, 2.24) is 4.57 Å². The van der Waals surface area contributed by atoms with E-state index in [0.717, 1.165) is 45.2 Å². The first-order valence-corrected chi connectivity index (χ1v) is 10.7. The van der Waals surface area contributed by atoms with E-state index in [-0.39, 0.29) is 24.8 Å². The fraction of sp³-hybridized carbons (Fsp3) is 0.308. The molecule has 0 bridgehead atoms. The van der Waals surface area contributed by atoms with Gasteiger partial charge in [0, 0.05) is 29.2 Å². The number of anilines is 1. The molecule has 3 rings (SSSR count). The third-order valence-electron chi connectivity index (χ3n) is 5.86. The number of Topliss-reactive ketones (excluding diaryl/α,β-unsaturated/α-hetero) is 1. The Morgan fingerprint density at radius 3 is 2.35 bits per heavy atom. The summed E-state index contributed by atoms with van der Waals surface area (Å²) in [6.07, 6.45) is 0. The summed E-state index contributed by atoms with van der Waals surface area (Å²) in [7, 11) is 1.88. The Kier molecular flexibility index (Phi) is 7.08. The molecule has 0 saturated heterocycles. The molecule has 1 amide bonds. The summed E-state index contributed by atoms with van der Waals surface area (Å²) in [5.41, 5.74) is 7.01. The van der Waals surface area contributed by atoms with Crippen LogP contribution in [0.15, 0.2) is 54.6 Å². The van der Waals surface area contributed by atoms with Crippen LogP contribution < -0.4 is 10.2 Å². The highest BCUT2D eigenvalue weighted by atomic mass is 16.2. The van der Waals surface area contributed by atoms with Gasteiger partial charge < -0.3 is 14.8 Å². The van der Waals surface area contributed by atoms with Crippen LogP contribution in [-0.4, -0.2) is 36.4 Å². The van der Waals surface area contributed by atoms with Gasteiger partial charge in [0.05, 0.1) is 7.05 Å². The van der Waals surface area contributed by atoms with Crippen molar-refractivity contribution in [1.29, 1.82) is 0 Å². The monoisotopic (exact) mass is 418 g/mol. The van der Waals surface area contributed by atoms with E-state index in [1.54, 1.807) is 0 Å². The van der Waals surface area contributed by atoms with E-state index in [2.05, 4.69) is 22.0 Å². The number of ketones is 1. The topological polar surface area (TPSA) is 55.5 Å². The molecule has 0 radical (unpaired) electrons. The third-order valence-corrected chi connectivity index (χ3v) is 5.86. The second-order valence-corrected chi connectivity index (χ2v) is 8.39. The van der Waals surface area contributed by atoms with Crippen molar-refractivity contribution in [3.05, 3.63) is 88.2 Å². The Hall–Kier alpha value is -3.18. The molecule has 5 nitrogen and oxygen atoms in total. The summed E-state index contributed by atoms with van der Waals surface area (Å²) >= 11 is 0.